The third-order valence-electron chi connectivity index (χ3n) is 5.72. The molecule has 1 saturated heterocycles. The van der Waals surface area contributed by atoms with Crippen LogP contribution in [0.15, 0.2) is 11.6 Å². The van der Waals surface area contributed by atoms with Crippen LogP contribution in [0.25, 0.3) is 0 Å². The van der Waals surface area contributed by atoms with Gasteiger partial charge in [-0.05, 0) is 57.3 Å². The van der Waals surface area contributed by atoms with E-state index in [9.17, 15) is 4.79 Å². The van der Waals surface area contributed by atoms with E-state index >= 15 is 0 Å². The van der Waals surface area contributed by atoms with Crippen LogP contribution in [0.3, 0.4) is 0 Å². The topological polar surface area (TPSA) is 26.3 Å². The van der Waals surface area contributed by atoms with Crippen molar-refractivity contribution >= 4 is 5.97 Å². The third-order valence-corrected chi connectivity index (χ3v) is 5.72. The molecule has 3 aliphatic carbocycles. The van der Waals surface area contributed by atoms with Gasteiger partial charge in [0, 0.05) is 5.92 Å². The van der Waals surface area contributed by atoms with Gasteiger partial charge >= 0.3 is 5.97 Å². The lowest BCUT2D eigenvalue weighted by molar-refractivity contribution is -0.151. The molecule has 3 atom stereocenters. The minimum absolute atomic E-state index is 0.104. The predicted octanol–water partition coefficient (Wildman–Crippen LogP) is 3.22. The molecule has 2 bridgehead atoms. The molecule has 0 aromatic carbocycles. The van der Waals surface area contributed by atoms with Crippen molar-refractivity contribution in [3.8, 4) is 0 Å². The molecular weight excluding hydrogens is 212 g/mol. The van der Waals surface area contributed by atoms with E-state index in [1.165, 1.54) is 19.3 Å². The molecule has 2 saturated carbocycles. The summed E-state index contributed by atoms with van der Waals surface area (Å²) in [6.45, 7) is 2.19. The van der Waals surface area contributed by atoms with E-state index in [2.05, 4.69) is 13.0 Å². The van der Waals surface area contributed by atoms with E-state index < -0.39 is 0 Å². The van der Waals surface area contributed by atoms with Gasteiger partial charge in [0.1, 0.15) is 5.60 Å². The van der Waals surface area contributed by atoms with E-state index in [1.807, 2.05) is 0 Å². The number of allylic oxidation sites excluding steroid dienone is 2. The average molecular weight is 232 g/mol. The fraction of sp³-hybridized carbons (Fsp3) is 0.800. The molecule has 0 unspecified atom stereocenters. The first-order valence-corrected chi connectivity index (χ1v) is 7.08. The van der Waals surface area contributed by atoms with E-state index in [4.69, 9.17) is 4.74 Å². The van der Waals surface area contributed by atoms with Crippen LogP contribution in [-0.2, 0) is 9.53 Å². The molecular formula is C15H20O2. The maximum Gasteiger partial charge on any atom is 0.309 e. The fourth-order valence-electron chi connectivity index (χ4n) is 4.91. The van der Waals surface area contributed by atoms with E-state index in [0.717, 1.165) is 25.7 Å². The zero-order chi connectivity index (χ0) is 11.7. The second-order valence-corrected chi connectivity index (χ2v) is 6.63. The Morgan fingerprint density at radius 2 is 2.18 bits per heavy atom. The molecule has 0 aromatic heterocycles. The molecule has 1 heterocycles. The Morgan fingerprint density at radius 3 is 2.94 bits per heavy atom. The minimum Gasteiger partial charge on any atom is -0.459 e. The minimum atomic E-state index is -0.146. The molecule has 2 nitrogen and oxygen atoms in total. The Hall–Kier alpha value is -0.790. The molecule has 1 spiro atoms. The van der Waals surface area contributed by atoms with Crippen molar-refractivity contribution in [3.05, 3.63) is 11.6 Å². The van der Waals surface area contributed by atoms with Gasteiger partial charge in [0.25, 0.3) is 0 Å². The number of carbonyl (C=O) groups excluding carboxylic acids is 1. The number of ether oxygens (including phenoxy) is 1. The van der Waals surface area contributed by atoms with Crippen LogP contribution in [0.1, 0.15) is 51.9 Å². The monoisotopic (exact) mass is 232 g/mol. The first-order valence-electron chi connectivity index (χ1n) is 7.08. The predicted molar refractivity (Wildman–Crippen MR) is 64.3 cm³/mol. The molecule has 4 rings (SSSR count). The van der Waals surface area contributed by atoms with Crippen LogP contribution in [-0.4, -0.2) is 11.6 Å². The van der Waals surface area contributed by atoms with Crippen molar-refractivity contribution in [1.29, 1.82) is 0 Å². The molecule has 0 amide bonds. The molecule has 0 aromatic rings. The Balaban J connectivity index is 1.87. The molecule has 0 radical (unpaired) electrons. The van der Waals surface area contributed by atoms with Gasteiger partial charge in [0.05, 0.1) is 5.92 Å². The van der Waals surface area contributed by atoms with E-state index in [-0.39, 0.29) is 17.5 Å². The number of rotatable bonds is 0. The van der Waals surface area contributed by atoms with Crippen LogP contribution in [0.5, 0.6) is 0 Å². The van der Waals surface area contributed by atoms with Crippen LogP contribution < -0.4 is 0 Å². The highest BCUT2D eigenvalue weighted by molar-refractivity contribution is 5.77. The highest BCUT2D eigenvalue weighted by Gasteiger charge is 2.68. The van der Waals surface area contributed by atoms with Crippen molar-refractivity contribution < 1.29 is 9.53 Å². The SMILES string of the molecule is C[C@@]12CCC3=CCCC[C@@H](C(=O)O1)[C@@H]2C31CC1. The summed E-state index contributed by atoms with van der Waals surface area (Å²) in [5.41, 5.74) is 1.90. The summed E-state index contributed by atoms with van der Waals surface area (Å²) in [5.74, 6) is 0.793. The van der Waals surface area contributed by atoms with Crippen molar-refractivity contribution in [3.63, 3.8) is 0 Å². The Morgan fingerprint density at radius 1 is 1.35 bits per heavy atom. The molecule has 92 valence electrons. The summed E-state index contributed by atoms with van der Waals surface area (Å²) in [6.07, 6.45) is 10.7. The lowest BCUT2D eigenvalue weighted by Crippen LogP contribution is -2.44. The van der Waals surface area contributed by atoms with Gasteiger partial charge in [-0.25, -0.2) is 0 Å². The molecule has 17 heavy (non-hydrogen) atoms. The lowest BCUT2D eigenvalue weighted by Gasteiger charge is -2.44. The summed E-state index contributed by atoms with van der Waals surface area (Å²) >= 11 is 0. The quantitative estimate of drug-likeness (QED) is 0.473. The van der Waals surface area contributed by atoms with Crippen LogP contribution in [0.2, 0.25) is 0 Å². The Bertz CT molecular complexity index is 419. The number of carbonyl (C=O) groups is 1. The van der Waals surface area contributed by atoms with Gasteiger partial charge in [-0.3, -0.25) is 4.79 Å². The van der Waals surface area contributed by atoms with Gasteiger partial charge in [0.15, 0.2) is 0 Å². The number of esters is 1. The Labute approximate surface area is 102 Å². The molecule has 0 N–H and O–H groups in total. The van der Waals surface area contributed by atoms with Crippen LogP contribution >= 0.6 is 0 Å². The maximum atomic E-state index is 12.1. The van der Waals surface area contributed by atoms with Crippen molar-refractivity contribution in [2.45, 2.75) is 57.5 Å². The first-order chi connectivity index (χ1) is 8.16. The van der Waals surface area contributed by atoms with Gasteiger partial charge in [-0.1, -0.05) is 11.6 Å². The summed E-state index contributed by atoms with van der Waals surface area (Å²) in [7, 11) is 0. The van der Waals surface area contributed by atoms with Crippen molar-refractivity contribution in [2.75, 3.05) is 0 Å². The highest BCUT2D eigenvalue weighted by Crippen LogP contribution is 2.70. The van der Waals surface area contributed by atoms with Crippen LogP contribution in [0.4, 0.5) is 0 Å². The Kier molecular flexibility index (Phi) is 1.77. The third kappa shape index (κ3) is 1.14. The highest BCUT2D eigenvalue weighted by atomic mass is 16.6. The number of hydrogen-bond donors (Lipinski definition) is 0. The largest absolute Gasteiger partial charge is 0.459 e. The fourth-order valence-corrected chi connectivity index (χ4v) is 4.91. The van der Waals surface area contributed by atoms with Gasteiger partial charge in [0.2, 0.25) is 0 Å². The molecule has 4 aliphatic rings. The average Bonchev–Trinajstić information content (AvgIpc) is 2.99. The van der Waals surface area contributed by atoms with Gasteiger partial charge in [-0.2, -0.15) is 0 Å². The normalized spacial score (nSPS) is 45.9. The van der Waals surface area contributed by atoms with Gasteiger partial charge in [-0.15, -0.1) is 0 Å². The summed E-state index contributed by atoms with van der Waals surface area (Å²) in [4.78, 5) is 12.1. The molecule has 3 fully saturated rings. The van der Waals surface area contributed by atoms with Gasteiger partial charge < -0.3 is 4.74 Å². The standard InChI is InChI=1S/C15H20O2/c1-14-7-6-10-4-2-3-5-11(13(16)17-14)12(14)15(10)8-9-15/h4,11-12H,2-3,5-9H2,1H3/t11-,12+,14+/m1/s1. The molecule has 2 heteroatoms. The lowest BCUT2D eigenvalue weighted by atomic mass is 9.60. The van der Waals surface area contributed by atoms with E-state index in [0.29, 0.717) is 11.3 Å². The second kappa shape index (κ2) is 2.96. The second-order valence-electron chi connectivity index (χ2n) is 6.63. The number of hydrogen-bond acceptors (Lipinski definition) is 2. The maximum absolute atomic E-state index is 12.1. The summed E-state index contributed by atoms with van der Waals surface area (Å²) in [6, 6.07) is 0. The first kappa shape index (κ1) is 10.2. The summed E-state index contributed by atoms with van der Waals surface area (Å²) < 4.78 is 5.80. The van der Waals surface area contributed by atoms with E-state index in [1.54, 1.807) is 5.57 Å². The zero-order valence-corrected chi connectivity index (χ0v) is 10.5. The van der Waals surface area contributed by atoms with Crippen molar-refractivity contribution in [1.82, 2.24) is 0 Å². The van der Waals surface area contributed by atoms with Crippen molar-refractivity contribution in [2.24, 2.45) is 17.3 Å². The zero-order valence-electron chi connectivity index (χ0n) is 10.5. The summed E-state index contributed by atoms with van der Waals surface area (Å²) in [5, 5.41) is 0. The molecule has 1 aliphatic heterocycles. The smallest absolute Gasteiger partial charge is 0.309 e. The van der Waals surface area contributed by atoms with Crippen LogP contribution in [0, 0.1) is 17.3 Å².